The molecule has 0 spiro atoms. The van der Waals surface area contributed by atoms with Crippen LogP contribution >= 0.6 is 0 Å². The number of rotatable bonds is 6. The zero-order chi connectivity index (χ0) is 13.5. The Morgan fingerprint density at radius 1 is 0.737 bits per heavy atom. The predicted molar refractivity (Wildman–Crippen MR) is 77.9 cm³/mol. The largest absolute Gasteiger partial charge is 0.349 e. The van der Waals surface area contributed by atoms with E-state index in [1.165, 1.54) is 11.1 Å². The Bertz CT molecular complexity index is 470. The number of hydrogen-bond acceptors (Lipinski definition) is 2. The van der Waals surface area contributed by atoms with Crippen LogP contribution in [0.3, 0.4) is 0 Å². The number of hydrogen-bond donors (Lipinski definition) is 0. The fraction of sp³-hybridized carbons (Fsp3) is 0.294. The molecule has 0 aliphatic rings. The van der Waals surface area contributed by atoms with Crippen molar-refractivity contribution in [3.8, 4) is 11.1 Å². The lowest BCUT2D eigenvalue weighted by Gasteiger charge is -2.17. The first-order valence-corrected chi connectivity index (χ1v) is 6.73. The quantitative estimate of drug-likeness (QED) is 0.712. The van der Waals surface area contributed by atoms with Gasteiger partial charge in [-0.05, 0) is 25.0 Å². The molecule has 0 unspecified atom stereocenters. The third-order valence-electron chi connectivity index (χ3n) is 2.93. The zero-order valence-electron chi connectivity index (χ0n) is 11.5. The molecule has 0 aliphatic carbocycles. The van der Waals surface area contributed by atoms with Crippen molar-refractivity contribution >= 4 is 0 Å². The van der Waals surface area contributed by atoms with Crippen molar-refractivity contribution in [1.82, 2.24) is 0 Å². The van der Waals surface area contributed by atoms with Gasteiger partial charge in [0.05, 0.1) is 0 Å². The third-order valence-corrected chi connectivity index (χ3v) is 2.93. The molecule has 0 heterocycles. The van der Waals surface area contributed by atoms with Crippen molar-refractivity contribution in [3.05, 3.63) is 60.2 Å². The van der Waals surface area contributed by atoms with Gasteiger partial charge in [-0.3, -0.25) is 0 Å². The molecular weight excluding hydrogens is 236 g/mol. The van der Waals surface area contributed by atoms with E-state index in [4.69, 9.17) is 9.47 Å². The van der Waals surface area contributed by atoms with Crippen molar-refractivity contribution in [3.63, 3.8) is 0 Å². The van der Waals surface area contributed by atoms with Crippen LogP contribution in [0.4, 0.5) is 0 Å². The average molecular weight is 256 g/mol. The van der Waals surface area contributed by atoms with Crippen LogP contribution in [0.2, 0.25) is 0 Å². The average Bonchev–Trinajstić information content (AvgIpc) is 2.48. The maximum absolute atomic E-state index is 5.59. The first kappa shape index (κ1) is 13.8. The van der Waals surface area contributed by atoms with Crippen LogP contribution in [-0.4, -0.2) is 13.2 Å². The highest BCUT2D eigenvalue weighted by Gasteiger charge is 2.10. The Kier molecular flexibility index (Phi) is 5.13. The van der Waals surface area contributed by atoms with Gasteiger partial charge >= 0.3 is 0 Å². The highest BCUT2D eigenvalue weighted by Crippen LogP contribution is 2.24. The topological polar surface area (TPSA) is 18.5 Å². The summed E-state index contributed by atoms with van der Waals surface area (Å²) in [6.45, 7) is 5.24. The van der Waals surface area contributed by atoms with E-state index in [-0.39, 0.29) is 6.29 Å². The summed E-state index contributed by atoms with van der Waals surface area (Å²) in [5.41, 5.74) is 3.48. The van der Waals surface area contributed by atoms with Crippen LogP contribution in [0, 0.1) is 0 Å². The van der Waals surface area contributed by atoms with E-state index in [0.29, 0.717) is 13.2 Å². The minimum Gasteiger partial charge on any atom is -0.349 e. The second-order valence-electron chi connectivity index (χ2n) is 4.23. The molecule has 0 fully saturated rings. The first-order valence-electron chi connectivity index (χ1n) is 6.73. The second kappa shape index (κ2) is 7.07. The summed E-state index contributed by atoms with van der Waals surface area (Å²) >= 11 is 0. The molecule has 0 aliphatic heterocycles. The summed E-state index contributed by atoms with van der Waals surface area (Å²) in [6.07, 6.45) is -0.264. The minimum atomic E-state index is -0.264. The molecular formula is C17H20O2. The summed E-state index contributed by atoms with van der Waals surface area (Å²) in [6, 6.07) is 18.7. The van der Waals surface area contributed by atoms with Crippen molar-refractivity contribution in [2.45, 2.75) is 20.1 Å². The molecule has 0 N–H and O–H groups in total. The summed E-state index contributed by atoms with van der Waals surface area (Å²) in [5.74, 6) is 0. The van der Waals surface area contributed by atoms with Crippen molar-refractivity contribution in [1.29, 1.82) is 0 Å². The highest BCUT2D eigenvalue weighted by atomic mass is 16.7. The smallest absolute Gasteiger partial charge is 0.183 e. The third kappa shape index (κ3) is 3.66. The van der Waals surface area contributed by atoms with Crippen LogP contribution in [0.5, 0.6) is 0 Å². The molecule has 19 heavy (non-hydrogen) atoms. The Morgan fingerprint density at radius 3 is 1.79 bits per heavy atom. The summed E-state index contributed by atoms with van der Waals surface area (Å²) in [4.78, 5) is 0. The normalized spacial score (nSPS) is 10.9. The van der Waals surface area contributed by atoms with Gasteiger partial charge in [0.25, 0.3) is 0 Å². The molecule has 0 aromatic heterocycles. The van der Waals surface area contributed by atoms with Gasteiger partial charge in [0.15, 0.2) is 6.29 Å². The van der Waals surface area contributed by atoms with E-state index < -0.39 is 0 Å². The van der Waals surface area contributed by atoms with Crippen molar-refractivity contribution in [2.24, 2.45) is 0 Å². The van der Waals surface area contributed by atoms with E-state index >= 15 is 0 Å². The second-order valence-corrected chi connectivity index (χ2v) is 4.23. The van der Waals surface area contributed by atoms with Gasteiger partial charge in [-0.15, -0.1) is 0 Å². The molecule has 0 saturated heterocycles. The standard InChI is InChI=1S/C17H20O2/c1-3-18-17(19-4-2)16-12-10-15(11-13-16)14-8-6-5-7-9-14/h5-13,17H,3-4H2,1-2H3. The van der Waals surface area contributed by atoms with Crippen LogP contribution in [-0.2, 0) is 9.47 Å². The summed E-state index contributed by atoms with van der Waals surface area (Å²) in [7, 11) is 0. The van der Waals surface area contributed by atoms with Crippen LogP contribution in [0.1, 0.15) is 25.7 Å². The Balaban J connectivity index is 2.17. The van der Waals surface area contributed by atoms with Crippen LogP contribution in [0.15, 0.2) is 54.6 Å². The molecule has 2 heteroatoms. The zero-order valence-corrected chi connectivity index (χ0v) is 11.5. The van der Waals surface area contributed by atoms with Gasteiger partial charge in [0.1, 0.15) is 0 Å². The van der Waals surface area contributed by atoms with Crippen molar-refractivity contribution in [2.75, 3.05) is 13.2 Å². The van der Waals surface area contributed by atoms with Gasteiger partial charge in [-0.2, -0.15) is 0 Å². The summed E-state index contributed by atoms with van der Waals surface area (Å²) < 4.78 is 11.2. The SMILES string of the molecule is CCOC(OCC)c1ccc(-c2ccccc2)cc1. The van der Waals surface area contributed by atoms with Gasteiger partial charge in [0, 0.05) is 18.8 Å². The van der Waals surface area contributed by atoms with E-state index in [1.807, 2.05) is 32.0 Å². The molecule has 0 saturated carbocycles. The molecule has 2 aromatic carbocycles. The first-order chi connectivity index (χ1) is 9.35. The van der Waals surface area contributed by atoms with Crippen molar-refractivity contribution < 1.29 is 9.47 Å². The fourth-order valence-corrected chi connectivity index (χ4v) is 2.01. The molecule has 2 aromatic rings. The molecule has 0 bridgehead atoms. The maximum atomic E-state index is 5.59. The van der Waals surface area contributed by atoms with Gasteiger partial charge in [-0.1, -0.05) is 54.6 Å². The van der Waals surface area contributed by atoms with Crippen LogP contribution in [0.25, 0.3) is 11.1 Å². The molecule has 0 atom stereocenters. The summed E-state index contributed by atoms with van der Waals surface area (Å²) in [5, 5.41) is 0. The van der Waals surface area contributed by atoms with E-state index in [2.05, 4.69) is 36.4 Å². The molecule has 0 radical (unpaired) electrons. The van der Waals surface area contributed by atoms with Gasteiger partial charge in [-0.25, -0.2) is 0 Å². The van der Waals surface area contributed by atoms with Crippen LogP contribution < -0.4 is 0 Å². The fourth-order valence-electron chi connectivity index (χ4n) is 2.01. The Labute approximate surface area is 115 Å². The Morgan fingerprint density at radius 2 is 1.26 bits per heavy atom. The number of benzene rings is 2. The minimum absolute atomic E-state index is 0.264. The lowest BCUT2D eigenvalue weighted by atomic mass is 10.0. The molecule has 2 nitrogen and oxygen atoms in total. The Hall–Kier alpha value is -1.64. The number of ether oxygens (including phenoxy) is 2. The van der Waals surface area contributed by atoms with E-state index in [9.17, 15) is 0 Å². The lowest BCUT2D eigenvalue weighted by molar-refractivity contribution is -0.140. The maximum Gasteiger partial charge on any atom is 0.183 e. The highest BCUT2D eigenvalue weighted by molar-refractivity contribution is 5.63. The van der Waals surface area contributed by atoms with E-state index in [1.54, 1.807) is 0 Å². The van der Waals surface area contributed by atoms with Gasteiger partial charge < -0.3 is 9.47 Å². The van der Waals surface area contributed by atoms with Gasteiger partial charge in [0.2, 0.25) is 0 Å². The monoisotopic (exact) mass is 256 g/mol. The molecule has 0 amide bonds. The lowest BCUT2D eigenvalue weighted by Crippen LogP contribution is -2.08. The molecule has 2 rings (SSSR count). The predicted octanol–water partition coefficient (Wildman–Crippen LogP) is 4.43. The molecule has 100 valence electrons. The van der Waals surface area contributed by atoms with E-state index in [0.717, 1.165) is 5.56 Å².